The molecule has 2 aromatic carbocycles. The first kappa shape index (κ1) is 17.8. The van der Waals surface area contributed by atoms with Gasteiger partial charge in [0.1, 0.15) is 17.7 Å². The van der Waals surface area contributed by atoms with Crippen LogP contribution in [-0.2, 0) is 0 Å². The molecule has 0 spiro atoms. The number of hydrogen-bond donors (Lipinski definition) is 1. The zero-order valence-corrected chi connectivity index (χ0v) is 13.5. The highest BCUT2D eigenvalue weighted by Gasteiger charge is 2.32. The number of fused-ring (bicyclic) bond motifs is 1. The molecule has 0 aliphatic carbocycles. The average Bonchev–Trinajstić information content (AvgIpc) is 2.58. The molecule has 3 rings (SSSR count). The normalized spacial score (nSPS) is 16.5. The summed E-state index contributed by atoms with van der Waals surface area (Å²) >= 11 is 0. The van der Waals surface area contributed by atoms with E-state index in [9.17, 15) is 22.4 Å². The van der Waals surface area contributed by atoms with Crippen molar-refractivity contribution in [1.82, 2.24) is 4.90 Å². The summed E-state index contributed by atoms with van der Waals surface area (Å²) in [6.45, 7) is -6.28. The molecule has 9 heteroatoms. The second-order valence-electron chi connectivity index (χ2n) is 5.47. The summed E-state index contributed by atoms with van der Waals surface area (Å²) in [5, 5.41) is 3.06. The Bertz CT molecular complexity index is 816. The number of halogens is 4. The van der Waals surface area contributed by atoms with E-state index in [4.69, 9.17) is 0 Å². The van der Waals surface area contributed by atoms with Crippen LogP contribution in [0.2, 0.25) is 0 Å². The van der Waals surface area contributed by atoms with Gasteiger partial charge in [-0.05, 0) is 24.3 Å². The minimum Gasteiger partial charge on any atom is -0.435 e. The van der Waals surface area contributed by atoms with Crippen molar-refractivity contribution in [1.29, 1.82) is 0 Å². The number of nitrogens with zero attached hydrogens (tertiary/aromatic N) is 1. The largest absolute Gasteiger partial charge is 0.435 e. The van der Waals surface area contributed by atoms with Gasteiger partial charge in [-0.2, -0.15) is 17.6 Å². The standard InChI is InChI=1S/C17H14F4N2O3/c1-23-14(22-12-5-3-2-4-10(12)15(23)24)11-7-6-9(25-16(18)19)8-13(11)26-17(20)21/h2-8,14,16-17,22H,1H3/t14-/m0/s1. The Morgan fingerprint density at radius 3 is 2.42 bits per heavy atom. The van der Waals surface area contributed by atoms with Gasteiger partial charge in [0.25, 0.3) is 5.91 Å². The number of nitrogens with one attached hydrogen (secondary N) is 1. The highest BCUT2D eigenvalue weighted by molar-refractivity contribution is 6.01. The first-order chi connectivity index (χ1) is 12.4. The predicted octanol–water partition coefficient (Wildman–Crippen LogP) is 4.09. The van der Waals surface area contributed by atoms with Crippen LogP contribution < -0.4 is 14.8 Å². The number of alkyl halides is 4. The van der Waals surface area contributed by atoms with Crippen LogP contribution in [0, 0.1) is 0 Å². The van der Waals surface area contributed by atoms with Gasteiger partial charge in [-0.3, -0.25) is 4.79 Å². The van der Waals surface area contributed by atoms with Gasteiger partial charge < -0.3 is 19.7 Å². The van der Waals surface area contributed by atoms with E-state index >= 15 is 0 Å². The van der Waals surface area contributed by atoms with Crippen molar-refractivity contribution >= 4 is 11.6 Å². The van der Waals surface area contributed by atoms with E-state index in [1.807, 2.05) is 0 Å². The molecule has 1 aliphatic heterocycles. The second-order valence-corrected chi connectivity index (χ2v) is 5.47. The van der Waals surface area contributed by atoms with Crippen LogP contribution in [0.1, 0.15) is 22.1 Å². The first-order valence-electron chi connectivity index (χ1n) is 7.53. The summed E-state index contributed by atoms with van der Waals surface area (Å²) in [6.07, 6.45) is -0.827. The van der Waals surface area contributed by atoms with Gasteiger partial charge in [0.15, 0.2) is 0 Å². The number of amides is 1. The lowest BCUT2D eigenvalue weighted by Crippen LogP contribution is -2.40. The van der Waals surface area contributed by atoms with Gasteiger partial charge in [0, 0.05) is 24.4 Å². The van der Waals surface area contributed by atoms with Gasteiger partial charge in [-0.15, -0.1) is 0 Å². The molecule has 138 valence electrons. The van der Waals surface area contributed by atoms with Crippen LogP contribution in [0.4, 0.5) is 23.2 Å². The van der Waals surface area contributed by atoms with Crippen molar-refractivity contribution in [3.05, 3.63) is 53.6 Å². The Labute approximate surface area is 146 Å². The molecule has 26 heavy (non-hydrogen) atoms. The van der Waals surface area contributed by atoms with Crippen LogP contribution >= 0.6 is 0 Å². The predicted molar refractivity (Wildman–Crippen MR) is 84.6 cm³/mol. The monoisotopic (exact) mass is 370 g/mol. The third-order valence-corrected chi connectivity index (χ3v) is 3.88. The van der Waals surface area contributed by atoms with Crippen molar-refractivity contribution in [3.8, 4) is 11.5 Å². The van der Waals surface area contributed by atoms with Crippen LogP contribution in [0.3, 0.4) is 0 Å². The molecule has 0 unspecified atom stereocenters. The molecule has 0 radical (unpaired) electrons. The van der Waals surface area contributed by atoms with E-state index in [0.29, 0.717) is 11.3 Å². The number of anilines is 1. The Balaban J connectivity index is 2.01. The summed E-state index contributed by atoms with van der Waals surface area (Å²) in [5.41, 5.74) is 1.13. The van der Waals surface area contributed by atoms with Gasteiger partial charge >= 0.3 is 13.2 Å². The Morgan fingerprint density at radius 1 is 1.04 bits per heavy atom. The van der Waals surface area contributed by atoms with E-state index in [1.54, 1.807) is 24.3 Å². The lowest BCUT2D eigenvalue weighted by Gasteiger charge is -2.36. The van der Waals surface area contributed by atoms with E-state index in [0.717, 1.165) is 6.07 Å². The van der Waals surface area contributed by atoms with Crippen molar-refractivity contribution in [3.63, 3.8) is 0 Å². The van der Waals surface area contributed by atoms with E-state index in [2.05, 4.69) is 14.8 Å². The van der Waals surface area contributed by atoms with E-state index in [1.165, 1.54) is 24.1 Å². The highest BCUT2D eigenvalue weighted by Crippen LogP contribution is 2.38. The van der Waals surface area contributed by atoms with Crippen LogP contribution in [-0.4, -0.2) is 31.1 Å². The molecule has 0 saturated heterocycles. The maximum atomic E-state index is 12.8. The number of hydrogen-bond acceptors (Lipinski definition) is 4. The zero-order chi connectivity index (χ0) is 18.8. The molecule has 1 atom stereocenters. The summed E-state index contributed by atoms with van der Waals surface area (Å²) in [5.74, 6) is -1.01. The molecular weight excluding hydrogens is 356 g/mol. The van der Waals surface area contributed by atoms with Crippen LogP contribution in [0.25, 0.3) is 0 Å². The van der Waals surface area contributed by atoms with Crippen molar-refractivity contribution < 1.29 is 31.8 Å². The lowest BCUT2D eigenvalue weighted by atomic mass is 10.0. The Kier molecular flexibility index (Phi) is 4.88. The fraction of sp³-hybridized carbons (Fsp3) is 0.235. The molecule has 5 nitrogen and oxygen atoms in total. The third kappa shape index (κ3) is 3.51. The fourth-order valence-corrected chi connectivity index (χ4v) is 2.75. The molecule has 0 saturated carbocycles. The van der Waals surface area contributed by atoms with E-state index < -0.39 is 19.4 Å². The second kappa shape index (κ2) is 7.11. The maximum Gasteiger partial charge on any atom is 0.387 e. The number of carbonyl (C=O) groups is 1. The zero-order valence-electron chi connectivity index (χ0n) is 13.5. The SMILES string of the molecule is CN1C(=O)c2ccccc2N[C@@H]1c1ccc(OC(F)F)cc1OC(F)F. The van der Waals surface area contributed by atoms with Crippen molar-refractivity contribution in [2.45, 2.75) is 19.4 Å². The molecule has 1 N–H and O–H groups in total. The minimum atomic E-state index is -3.17. The minimum absolute atomic E-state index is 0.178. The number of ether oxygens (including phenoxy) is 2. The van der Waals surface area contributed by atoms with Crippen molar-refractivity contribution in [2.75, 3.05) is 12.4 Å². The average molecular weight is 370 g/mol. The molecule has 1 aliphatic rings. The number of benzene rings is 2. The molecule has 1 heterocycles. The van der Waals surface area contributed by atoms with Gasteiger partial charge in [-0.1, -0.05) is 12.1 Å². The van der Waals surface area contributed by atoms with Crippen molar-refractivity contribution in [2.24, 2.45) is 0 Å². The van der Waals surface area contributed by atoms with Gasteiger partial charge in [0.05, 0.1) is 5.56 Å². The molecule has 0 aromatic heterocycles. The summed E-state index contributed by atoms with van der Waals surface area (Å²) in [6, 6.07) is 10.2. The first-order valence-corrected chi connectivity index (χ1v) is 7.53. The van der Waals surface area contributed by atoms with Crippen LogP contribution in [0.5, 0.6) is 11.5 Å². The number of para-hydroxylation sites is 1. The summed E-state index contributed by atoms with van der Waals surface area (Å²) in [7, 11) is 1.49. The molecule has 0 fully saturated rings. The van der Waals surface area contributed by atoms with E-state index in [-0.39, 0.29) is 23.0 Å². The Morgan fingerprint density at radius 2 is 1.73 bits per heavy atom. The maximum absolute atomic E-state index is 12.8. The highest BCUT2D eigenvalue weighted by atomic mass is 19.3. The topological polar surface area (TPSA) is 50.8 Å². The quantitative estimate of drug-likeness (QED) is 0.806. The molecule has 1 amide bonds. The van der Waals surface area contributed by atoms with Gasteiger partial charge in [-0.25, -0.2) is 0 Å². The molecule has 0 bridgehead atoms. The molecule has 2 aromatic rings. The van der Waals surface area contributed by atoms with Crippen LogP contribution in [0.15, 0.2) is 42.5 Å². The summed E-state index contributed by atoms with van der Waals surface area (Å²) in [4.78, 5) is 13.8. The fourth-order valence-electron chi connectivity index (χ4n) is 2.75. The smallest absolute Gasteiger partial charge is 0.387 e. The number of carbonyl (C=O) groups excluding carboxylic acids is 1. The Hall–Kier alpha value is -2.97. The summed E-state index contributed by atoms with van der Waals surface area (Å²) < 4.78 is 58.9. The third-order valence-electron chi connectivity index (χ3n) is 3.88. The molecular formula is C17H14F4N2O3. The lowest BCUT2D eigenvalue weighted by molar-refractivity contribution is -0.0549. The van der Waals surface area contributed by atoms with Gasteiger partial charge in [0.2, 0.25) is 0 Å². The number of rotatable bonds is 5.